The van der Waals surface area contributed by atoms with E-state index in [4.69, 9.17) is 0 Å². The molecule has 0 fully saturated rings. The van der Waals surface area contributed by atoms with Gasteiger partial charge in [-0.2, -0.15) is 0 Å². The SMILES string of the molecule is c1ccc2cc3cnccc3cc2c1.c1ccc2cc3ncccc3cc2c1.c1ccc2cc3nccnc3cc2c1.c1cnc2cc3cccnc3cc2c1.c1cnc2cc3ccncc3cc2c1. The molecule has 0 saturated carbocycles. The van der Waals surface area contributed by atoms with Crippen molar-refractivity contribution in [3.8, 4) is 0 Å². The zero-order valence-electron chi connectivity index (χ0n) is 37.8. The number of nitrogens with zero attached hydrogens (tertiary/aromatic N) is 8. The number of hydrogen-bond donors (Lipinski definition) is 0. The van der Waals surface area contributed by atoms with Crippen molar-refractivity contribution in [2.24, 2.45) is 0 Å². The Kier molecular flexibility index (Phi) is 12.3. The van der Waals surface area contributed by atoms with Crippen LogP contribution in [0.3, 0.4) is 0 Å². The van der Waals surface area contributed by atoms with Gasteiger partial charge in [0.05, 0.1) is 33.1 Å². The van der Waals surface area contributed by atoms with Crippen molar-refractivity contribution >= 4 is 109 Å². The first-order valence-electron chi connectivity index (χ1n) is 22.9. The molecule has 0 spiro atoms. The Balaban J connectivity index is 0.0000000952. The van der Waals surface area contributed by atoms with Gasteiger partial charge in [0.25, 0.3) is 0 Å². The van der Waals surface area contributed by atoms with Gasteiger partial charge in [-0.15, -0.1) is 0 Å². The van der Waals surface area contributed by atoms with E-state index in [9.17, 15) is 0 Å². The Labute approximate surface area is 402 Å². The summed E-state index contributed by atoms with van der Waals surface area (Å²) < 4.78 is 0. The summed E-state index contributed by atoms with van der Waals surface area (Å²) in [5.41, 5.74) is 6.04. The lowest BCUT2D eigenvalue weighted by atomic mass is 10.1. The maximum Gasteiger partial charge on any atom is 0.0893 e. The van der Waals surface area contributed by atoms with Gasteiger partial charge in [-0.1, -0.05) is 97.1 Å². The molecule has 15 rings (SSSR count). The molecule has 0 atom stereocenters. The van der Waals surface area contributed by atoms with Crippen LogP contribution in [0.4, 0.5) is 0 Å². The van der Waals surface area contributed by atoms with Crippen molar-refractivity contribution in [2.75, 3.05) is 0 Å². The molecule has 0 bridgehead atoms. The van der Waals surface area contributed by atoms with Crippen LogP contribution in [0.1, 0.15) is 0 Å². The minimum atomic E-state index is 0.950. The standard InChI is InChI=1S/2C13H9N.3C12H8N2/c1-2-5-11-9-13-12(6-3-7-14-13)8-10(11)4-1;1-2-4-11-8-13-9-14-6-5-12(13)7-10(11)3-1;1-3-9-7-12-10(4-2-6-14-12)8-11(9)13-5-1;1-2-10-6-11-8-13-5-3-9(11)7-12(10)14-4-1;1-2-4-10-8-12-11(7-9(10)3-1)13-5-6-14-12/h2*1-9H;3*1-8H. The maximum atomic E-state index is 4.33. The highest BCUT2D eigenvalue weighted by atomic mass is 14.8. The van der Waals surface area contributed by atoms with Gasteiger partial charge in [0.2, 0.25) is 0 Å². The van der Waals surface area contributed by atoms with E-state index >= 15 is 0 Å². The zero-order valence-corrected chi connectivity index (χ0v) is 37.8. The van der Waals surface area contributed by atoms with E-state index in [2.05, 4.69) is 185 Å². The molecule has 0 amide bonds. The number of pyridine rings is 6. The fourth-order valence-corrected chi connectivity index (χ4v) is 8.49. The van der Waals surface area contributed by atoms with E-state index in [1.54, 1.807) is 18.6 Å². The minimum absolute atomic E-state index is 0.950. The summed E-state index contributed by atoms with van der Waals surface area (Å²) in [4.78, 5) is 34.0. The Hall–Kier alpha value is -9.66. The van der Waals surface area contributed by atoms with Crippen molar-refractivity contribution in [1.82, 2.24) is 39.9 Å². The lowest BCUT2D eigenvalue weighted by Gasteiger charge is -2.00. The van der Waals surface area contributed by atoms with Gasteiger partial charge in [-0.3, -0.25) is 39.9 Å². The predicted octanol–water partition coefficient (Wildman–Crippen LogP) is 15.1. The summed E-state index contributed by atoms with van der Waals surface area (Å²) in [6, 6.07) is 66.2. The molecule has 0 aliphatic rings. The summed E-state index contributed by atoms with van der Waals surface area (Å²) in [5, 5.41) is 16.9. The predicted molar refractivity (Wildman–Crippen MR) is 290 cm³/mol. The molecule has 70 heavy (non-hydrogen) atoms. The monoisotopic (exact) mass is 898 g/mol. The third-order valence-electron chi connectivity index (χ3n) is 12.0. The second-order valence-corrected chi connectivity index (χ2v) is 16.6. The van der Waals surface area contributed by atoms with E-state index in [0.717, 1.165) is 54.6 Å². The van der Waals surface area contributed by atoms with Gasteiger partial charge in [0.1, 0.15) is 0 Å². The molecular formula is C62H42N8. The molecule has 0 saturated heterocycles. The van der Waals surface area contributed by atoms with Crippen molar-refractivity contribution < 1.29 is 0 Å². The molecule has 8 heteroatoms. The average molecular weight is 899 g/mol. The van der Waals surface area contributed by atoms with Gasteiger partial charge in [-0.05, 0) is 140 Å². The van der Waals surface area contributed by atoms with Crippen LogP contribution in [0.5, 0.6) is 0 Å². The summed E-state index contributed by atoms with van der Waals surface area (Å²) in [6.07, 6.45) is 18.1. The van der Waals surface area contributed by atoms with Gasteiger partial charge in [-0.25, -0.2) is 0 Å². The average Bonchev–Trinajstić information content (AvgIpc) is 3.43. The molecule has 330 valence electrons. The lowest BCUT2D eigenvalue weighted by Crippen LogP contribution is -1.82. The molecule has 0 unspecified atom stereocenters. The lowest BCUT2D eigenvalue weighted by molar-refractivity contribution is 1.30. The highest BCUT2D eigenvalue weighted by Gasteiger charge is 2.01. The first-order chi connectivity index (χ1) is 34.7. The fourth-order valence-electron chi connectivity index (χ4n) is 8.49. The second-order valence-electron chi connectivity index (χ2n) is 16.6. The quantitative estimate of drug-likeness (QED) is 0.139. The van der Waals surface area contributed by atoms with Crippen molar-refractivity contribution in [1.29, 1.82) is 0 Å². The van der Waals surface area contributed by atoms with E-state index in [1.165, 1.54) is 53.9 Å². The van der Waals surface area contributed by atoms with E-state index in [0.29, 0.717) is 0 Å². The largest absolute Gasteiger partial charge is 0.264 e. The zero-order chi connectivity index (χ0) is 46.9. The van der Waals surface area contributed by atoms with Gasteiger partial charge in [0.15, 0.2) is 0 Å². The molecule has 0 N–H and O–H groups in total. The summed E-state index contributed by atoms with van der Waals surface area (Å²) in [6.45, 7) is 0. The summed E-state index contributed by atoms with van der Waals surface area (Å²) in [5.74, 6) is 0. The van der Waals surface area contributed by atoms with Crippen LogP contribution in [0.25, 0.3) is 109 Å². The molecule has 15 aromatic rings. The molecule has 0 radical (unpaired) electrons. The highest BCUT2D eigenvalue weighted by molar-refractivity contribution is 5.99. The summed E-state index contributed by atoms with van der Waals surface area (Å²) in [7, 11) is 0. The Morgan fingerprint density at radius 2 is 0.414 bits per heavy atom. The van der Waals surface area contributed by atoms with Crippen LogP contribution in [0.15, 0.2) is 256 Å². The van der Waals surface area contributed by atoms with Gasteiger partial charge >= 0.3 is 0 Å². The molecule has 7 heterocycles. The molecule has 0 aliphatic carbocycles. The maximum absolute atomic E-state index is 4.33. The Bertz CT molecular complexity index is 3120. The van der Waals surface area contributed by atoms with E-state index < -0.39 is 0 Å². The second kappa shape index (κ2) is 20.1. The Morgan fingerprint density at radius 1 is 0.171 bits per heavy atom. The third-order valence-corrected chi connectivity index (χ3v) is 12.0. The molecular weight excluding hydrogens is 857 g/mol. The van der Waals surface area contributed by atoms with Crippen molar-refractivity contribution in [3.63, 3.8) is 0 Å². The molecule has 8 nitrogen and oxygen atoms in total. The molecule has 7 aromatic heterocycles. The van der Waals surface area contributed by atoms with Gasteiger partial charge < -0.3 is 0 Å². The fraction of sp³-hybridized carbons (Fsp3) is 0. The number of rotatable bonds is 0. The van der Waals surface area contributed by atoms with Crippen molar-refractivity contribution in [3.05, 3.63) is 256 Å². The van der Waals surface area contributed by atoms with Gasteiger partial charge in [0, 0.05) is 94.3 Å². The van der Waals surface area contributed by atoms with Crippen LogP contribution in [0, 0.1) is 0 Å². The van der Waals surface area contributed by atoms with Crippen LogP contribution < -0.4 is 0 Å². The Morgan fingerprint density at radius 3 is 0.814 bits per heavy atom. The van der Waals surface area contributed by atoms with Crippen molar-refractivity contribution in [2.45, 2.75) is 0 Å². The topological polar surface area (TPSA) is 103 Å². The smallest absolute Gasteiger partial charge is 0.0893 e. The first kappa shape index (κ1) is 42.9. The molecule has 8 aromatic carbocycles. The van der Waals surface area contributed by atoms with E-state index in [-0.39, 0.29) is 0 Å². The first-order valence-corrected chi connectivity index (χ1v) is 22.9. The van der Waals surface area contributed by atoms with Crippen LogP contribution in [0.2, 0.25) is 0 Å². The van der Waals surface area contributed by atoms with E-state index in [1.807, 2.05) is 91.9 Å². The van der Waals surface area contributed by atoms with Crippen LogP contribution >= 0.6 is 0 Å². The normalized spacial score (nSPS) is 10.9. The third kappa shape index (κ3) is 9.74. The molecule has 0 aliphatic heterocycles. The number of hydrogen-bond acceptors (Lipinski definition) is 8. The minimum Gasteiger partial charge on any atom is -0.264 e. The number of benzene rings is 8. The number of aromatic nitrogens is 8. The number of fused-ring (bicyclic) bond motifs is 10. The summed E-state index contributed by atoms with van der Waals surface area (Å²) >= 11 is 0. The van der Waals surface area contributed by atoms with Crippen LogP contribution in [-0.4, -0.2) is 39.9 Å². The van der Waals surface area contributed by atoms with Crippen LogP contribution in [-0.2, 0) is 0 Å². The highest BCUT2D eigenvalue weighted by Crippen LogP contribution is 2.24.